The zero-order valence-corrected chi connectivity index (χ0v) is 15.8. The smallest absolute Gasteiger partial charge is 0.264 e. The zero-order chi connectivity index (χ0) is 18.2. The van der Waals surface area contributed by atoms with Crippen LogP contribution in [0.4, 0.5) is 0 Å². The van der Waals surface area contributed by atoms with Gasteiger partial charge in [0.1, 0.15) is 5.75 Å². The van der Waals surface area contributed by atoms with Gasteiger partial charge in [-0.25, -0.2) is 0 Å². The highest BCUT2D eigenvalue weighted by Gasteiger charge is 2.21. The molecular formula is C16H19Cl2N3O3S. The van der Waals surface area contributed by atoms with Crippen LogP contribution in [-0.2, 0) is 9.59 Å². The molecule has 1 aromatic carbocycles. The molecule has 0 aromatic heterocycles. The van der Waals surface area contributed by atoms with Crippen molar-refractivity contribution in [3.05, 3.63) is 28.2 Å². The average Bonchev–Trinajstić information content (AvgIpc) is 2.59. The van der Waals surface area contributed by atoms with Crippen LogP contribution in [0.15, 0.2) is 18.2 Å². The summed E-state index contributed by atoms with van der Waals surface area (Å²) < 4.78 is 5.30. The molecule has 0 bridgehead atoms. The minimum Gasteiger partial charge on any atom is -0.482 e. The van der Waals surface area contributed by atoms with Gasteiger partial charge in [-0.05, 0) is 43.3 Å². The van der Waals surface area contributed by atoms with E-state index >= 15 is 0 Å². The molecule has 0 radical (unpaired) electrons. The van der Waals surface area contributed by atoms with Crippen molar-refractivity contribution in [2.24, 2.45) is 5.92 Å². The van der Waals surface area contributed by atoms with Gasteiger partial charge in [0, 0.05) is 10.9 Å². The van der Waals surface area contributed by atoms with Gasteiger partial charge >= 0.3 is 0 Å². The highest BCUT2D eigenvalue weighted by atomic mass is 35.5. The summed E-state index contributed by atoms with van der Waals surface area (Å²) in [6, 6.07) is 4.69. The first-order valence-electron chi connectivity index (χ1n) is 7.93. The minimum atomic E-state index is -0.476. The van der Waals surface area contributed by atoms with Crippen LogP contribution in [0.2, 0.25) is 10.0 Å². The first-order chi connectivity index (χ1) is 12.0. The number of hydrazine groups is 1. The number of nitrogens with one attached hydrogen (secondary N) is 3. The molecule has 6 nitrogen and oxygen atoms in total. The topological polar surface area (TPSA) is 79.5 Å². The Morgan fingerprint density at radius 3 is 2.56 bits per heavy atom. The van der Waals surface area contributed by atoms with Crippen LogP contribution in [0.5, 0.6) is 5.75 Å². The van der Waals surface area contributed by atoms with Crippen molar-refractivity contribution in [3.8, 4) is 5.75 Å². The number of amides is 2. The molecule has 1 aliphatic carbocycles. The predicted octanol–water partition coefficient (Wildman–Crippen LogP) is 2.97. The molecule has 3 N–H and O–H groups in total. The first-order valence-corrected chi connectivity index (χ1v) is 9.09. The summed E-state index contributed by atoms with van der Waals surface area (Å²) in [6.45, 7) is -0.278. The lowest BCUT2D eigenvalue weighted by molar-refractivity contribution is -0.126. The van der Waals surface area contributed by atoms with Crippen molar-refractivity contribution >= 4 is 52.3 Å². The second-order valence-corrected chi connectivity index (χ2v) is 6.94. The third-order valence-electron chi connectivity index (χ3n) is 3.78. The SMILES string of the molecule is O=C(COc1ccc(Cl)cc1Cl)NC(=S)NNC(=O)C1CCCCC1. The highest BCUT2D eigenvalue weighted by Crippen LogP contribution is 2.27. The molecule has 9 heteroatoms. The van der Waals surface area contributed by atoms with Gasteiger partial charge in [0.25, 0.3) is 5.91 Å². The average molecular weight is 404 g/mol. The van der Waals surface area contributed by atoms with Crippen LogP contribution in [0.1, 0.15) is 32.1 Å². The van der Waals surface area contributed by atoms with E-state index < -0.39 is 5.91 Å². The lowest BCUT2D eigenvalue weighted by Gasteiger charge is -2.21. The second-order valence-electron chi connectivity index (χ2n) is 5.69. The lowest BCUT2D eigenvalue weighted by atomic mass is 9.89. The third-order valence-corrected chi connectivity index (χ3v) is 4.52. The molecule has 2 rings (SSSR count). The summed E-state index contributed by atoms with van der Waals surface area (Å²) in [4.78, 5) is 23.8. The summed E-state index contributed by atoms with van der Waals surface area (Å²) in [5.41, 5.74) is 5.05. The second kappa shape index (κ2) is 9.79. The number of thiocarbonyl (C=S) groups is 1. The van der Waals surface area contributed by atoms with Crippen molar-refractivity contribution in [3.63, 3.8) is 0 Å². The molecule has 1 fully saturated rings. The normalized spacial score (nSPS) is 14.5. The van der Waals surface area contributed by atoms with Gasteiger partial charge in [0.15, 0.2) is 11.7 Å². The summed E-state index contributed by atoms with van der Waals surface area (Å²) in [5.74, 6) is -0.253. The number of carbonyl (C=O) groups excluding carboxylic acids is 2. The Bertz CT molecular complexity index is 652. The molecule has 0 aliphatic heterocycles. The quantitative estimate of drug-likeness (QED) is 0.531. The summed E-state index contributed by atoms with van der Waals surface area (Å²) in [7, 11) is 0. The fourth-order valence-corrected chi connectivity index (χ4v) is 3.14. The number of carbonyl (C=O) groups is 2. The Morgan fingerprint density at radius 2 is 1.88 bits per heavy atom. The Labute approximate surface area is 161 Å². The third kappa shape index (κ3) is 6.68. The van der Waals surface area contributed by atoms with E-state index in [9.17, 15) is 9.59 Å². The number of benzene rings is 1. The van der Waals surface area contributed by atoms with Crippen molar-refractivity contribution in [1.29, 1.82) is 0 Å². The Balaban J connectivity index is 1.69. The summed E-state index contributed by atoms with van der Waals surface area (Å²) in [5, 5.41) is 3.19. The molecule has 1 aliphatic rings. The maximum Gasteiger partial charge on any atom is 0.264 e. The van der Waals surface area contributed by atoms with Gasteiger partial charge in [-0.2, -0.15) is 0 Å². The van der Waals surface area contributed by atoms with Crippen LogP contribution in [0.3, 0.4) is 0 Å². The van der Waals surface area contributed by atoms with Gasteiger partial charge in [0.2, 0.25) is 5.91 Å². The summed E-state index contributed by atoms with van der Waals surface area (Å²) >= 11 is 16.7. The first kappa shape index (κ1) is 19.8. The van der Waals surface area contributed by atoms with Crippen molar-refractivity contribution < 1.29 is 14.3 Å². The molecule has 0 spiro atoms. The predicted molar refractivity (Wildman–Crippen MR) is 101 cm³/mol. The van der Waals surface area contributed by atoms with E-state index in [-0.39, 0.29) is 23.5 Å². The maximum absolute atomic E-state index is 12.0. The Morgan fingerprint density at radius 1 is 1.16 bits per heavy atom. The maximum atomic E-state index is 12.0. The van der Waals surface area contributed by atoms with Crippen LogP contribution >= 0.6 is 35.4 Å². The minimum absolute atomic E-state index is 0.0000347. The molecule has 136 valence electrons. The fourth-order valence-electron chi connectivity index (χ4n) is 2.51. The number of rotatable bonds is 4. The van der Waals surface area contributed by atoms with Crippen molar-refractivity contribution in [2.45, 2.75) is 32.1 Å². The number of hydrogen-bond acceptors (Lipinski definition) is 4. The summed E-state index contributed by atoms with van der Waals surface area (Å²) in [6.07, 6.45) is 5.04. The molecule has 0 saturated heterocycles. The van der Waals surface area contributed by atoms with Crippen molar-refractivity contribution in [1.82, 2.24) is 16.2 Å². The molecule has 0 heterocycles. The molecule has 2 amide bonds. The van der Waals surface area contributed by atoms with E-state index in [1.807, 2.05) is 0 Å². The number of halogens is 2. The van der Waals surface area contributed by atoms with E-state index in [1.54, 1.807) is 12.1 Å². The van der Waals surface area contributed by atoms with Crippen molar-refractivity contribution in [2.75, 3.05) is 6.61 Å². The van der Waals surface area contributed by atoms with Gasteiger partial charge < -0.3 is 4.74 Å². The standard InChI is InChI=1S/C16H19Cl2N3O3S/c17-11-6-7-13(12(18)8-11)24-9-14(22)19-16(25)21-20-15(23)10-4-2-1-3-5-10/h6-8,10H,1-5,9H2,(H,20,23)(H2,19,21,22,25). The number of ether oxygens (including phenoxy) is 1. The Kier molecular flexibility index (Phi) is 7.74. The largest absolute Gasteiger partial charge is 0.482 e. The van der Waals surface area contributed by atoms with Crippen LogP contribution < -0.4 is 20.9 Å². The Hall–Kier alpha value is -1.57. The van der Waals surface area contributed by atoms with Crippen LogP contribution in [0, 0.1) is 5.92 Å². The monoisotopic (exact) mass is 403 g/mol. The van der Waals surface area contributed by atoms with Crippen LogP contribution in [0.25, 0.3) is 0 Å². The fraction of sp³-hybridized carbons (Fsp3) is 0.438. The molecule has 25 heavy (non-hydrogen) atoms. The highest BCUT2D eigenvalue weighted by molar-refractivity contribution is 7.80. The van der Waals surface area contributed by atoms with E-state index in [0.717, 1.165) is 25.7 Å². The van der Waals surface area contributed by atoms with E-state index in [1.165, 1.54) is 12.5 Å². The molecule has 0 atom stereocenters. The molecule has 1 saturated carbocycles. The molecule has 0 unspecified atom stereocenters. The van der Waals surface area contributed by atoms with E-state index in [2.05, 4.69) is 16.2 Å². The lowest BCUT2D eigenvalue weighted by Crippen LogP contribution is -2.51. The van der Waals surface area contributed by atoms with Crippen LogP contribution in [-0.4, -0.2) is 23.5 Å². The van der Waals surface area contributed by atoms with Gasteiger partial charge in [-0.1, -0.05) is 42.5 Å². The van der Waals surface area contributed by atoms with E-state index in [4.69, 9.17) is 40.2 Å². The molecule has 1 aromatic rings. The van der Waals surface area contributed by atoms with Gasteiger partial charge in [-0.15, -0.1) is 0 Å². The van der Waals surface area contributed by atoms with E-state index in [0.29, 0.717) is 15.8 Å². The van der Waals surface area contributed by atoms with Gasteiger partial charge in [0.05, 0.1) is 5.02 Å². The van der Waals surface area contributed by atoms with Gasteiger partial charge in [-0.3, -0.25) is 25.8 Å². The number of hydrogen-bond donors (Lipinski definition) is 3. The zero-order valence-electron chi connectivity index (χ0n) is 13.4. The molecular weight excluding hydrogens is 385 g/mol.